The lowest BCUT2D eigenvalue weighted by atomic mass is 9.90. The number of nitriles is 1. The highest BCUT2D eigenvalue weighted by Crippen LogP contribution is 2.31. The van der Waals surface area contributed by atoms with Gasteiger partial charge in [-0.15, -0.1) is 0 Å². The lowest BCUT2D eigenvalue weighted by molar-refractivity contribution is 0.240. The van der Waals surface area contributed by atoms with Crippen molar-refractivity contribution in [1.82, 2.24) is 30.0 Å². The molecule has 0 bridgehead atoms. The number of rotatable bonds is 8. The Kier molecular flexibility index (Phi) is 8.64. The summed E-state index contributed by atoms with van der Waals surface area (Å²) in [6, 6.07) is 25.0. The van der Waals surface area contributed by atoms with Crippen LogP contribution in [-0.4, -0.2) is 42.8 Å². The predicted molar refractivity (Wildman–Crippen MR) is 172 cm³/mol. The van der Waals surface area contributed by atoms with Crippen molar-refractivity contribution < 1.29 is 4.79 Å². The molecule has 0 aliphatic heterocycles. The van der Waals surface area contributed by atoms with E-state index < -0.39 is 0 Å². The average molecular weight is 600 g/mol. The van der Waals surface area contributed by atoms with E-state index in [1.165, 1.54) is 6.20 Å². The fraction of sp³-hybridized carbons (Fsp3) is 0.235. The van der Waals surface area contributed by atoms with Gasteiger partial charge in [0.05, 0.1) is 17.5 Å². The molecule has 2 amide bonds. The number of hydrogen-bond acceptors (Lipinski definition) is 7. The number of benzene rings is 2. The Morgan fingerprint density at radius 2 is 1.78 bits per heavy atom. The van der Waals surface area contributed by atoms with E-state index in [9.17, 15) is 14.9 Å². The third-order valence-electron chi connectivity index (χ3n) is 8.13. The van der Waals surface area contributed by atoms with E-state index in [1.54, 1.807) is 29.9 Å². The van der Waals surface area contributed by atoms with Gasteiger partial charge in [-0.25, -0.2) is 14.8 Å². The fourth-order valence-electron chi connectivity index (χ4n) is 5.72. The van der Waals surface area contributed by atoms with Crippen molar-refractivity contribution in [2.75, 3.05) is 10.2 Å². The van der Waals surface area contributed by atoms with Crippen LogP contribution in [-0.2, 0) is 13.6 Å². The number of aromatic amines is 1. The first-order chi connectivity index (χ1) is 22.0. The van der Waals surface area contributed by atoms with Gasteiger partial charge in [0.1, 0.15) is 11.8 Å². The van der Waals surface area contributed by atoms with Crippen LogP contribution >= 0.6 is 0 Å². The van der Waals surface area contributed by atoms with Gasteiger partial charge in [-0.3, -0.25) is 14.8 Å². The van der Waals surface area contributed by atoms with Crippen LogP contribution in [0.5, 0.6) is 0 Å². The van der Waals surface area contributed by atoms with Gasteiger partial charge in [0.2, 0.25) is 11.5 Å². The first-order valence-corrected chi connectivity index (χ1v) is 14.9. The summed E-state index contributed by atoms with van der Waals surface area (Å²) in [6.07, 6.45) is 8.14. The van der Waals surface area contributed by atoms with Crippen molar-refractivity contribution in [2.24, 2.45) is 7.05 Å². The summed E-state index contributed by atoms with van der Waals surface area (Å²) in [7, 11) is 1.73. The maximum atomic E-state index is 13.7. The number of nitrogens with one attached hydrogen (secondary N) is 3. The molecule has 3 heterocycles. The Labute approximate surface area is 260 Å². The van der Waals surface area contributed by atoms with Gasteiger partial charge in [0.15, 0.2) is 0 Å². The zero-order valence-electron chi connectivity index (χ0n) is 24.9. The number of aromatic nitrogens is 5. The second-order valence-corrected chi connectivity index (χ2v) is 11.1. The number of nitrogens with zero attached hydrogens (tertiary/aromatic N) is 6. The van der Waals surface area contributed by atoms with Crippen molar-refractivity contribution >= 4 is 17.7 Å². The van der Waals surface area contributed by atoms with Gasteiger partial charge in [-0.2, -0.15) is 10.4 Å². The van der Waals surface area contributed by atoms with Crippen molar-refractivity contribution in [3.05, 3.63) is 113 Å². The third kappa shape index (κ3) is 6.75. The van der Waals surface area contributed by atoms with E-state index in [4.69, 9.17) is 0 Å². The number of anilines is 2. The highest BCUT2D eigenvalue weighted by atomic mass is 16.2. The number of urea groups is 1. The summed E-state index contributed by atoms with van der Waals surface area (Å²) < 4.78 is 1.56. The lowest BCUT2D eigenvalue weighted by Crippen LogP contribution is -2.48. The molecule has 0 atom stereocenters. The van der Waals surface area contributed by atoms with Crippen LogP contribution in [0.1, 0.15) is 36.8 Å². The highest BCUT2D eigenvalue weighted by molar-refractivity contribution is 5.93. The molecule has 45 heavy (non-hydrogen) atoms. The fourth-order valence-corrected chi connectivity index (χ4v) is 5.72. The smallest absolute Gasteiger partial charge is 0.322 e. The zero-order valence-corrected chi connectivity index (χ0v) is 24.9. The van der Waals surface area contributed by atoms with Crippen molar-refractivity contribution in [3.63, 3.8) is 0 Å². The molecular formula is C34H33N9O2. The Balaban J connectivity index is 1.18. The molecule has 3 aromatic heterocycles. The number of amides is 2. The molecule has 2 aromatic carbocycles. The normalized spacial score (nSPS) is 16.0. The summed E-state index contributed by atoms with van der Waals surface area (Å²) >= 11 is 0. The highest BCUT2D eigenvalue weighted by Gasteiger charge is 2.30. The first kappa shape index (κ1) is 29.3. The van der Waals surface area contributed by atoms with E-state index in [-0.39, 0.29) is 23.7 Å². The van der Waals surface area contributed by atoms with Crippen molar-refractivity contribution in [1.29, 1.82) is 5.26 Å². The van der Waals surface area contributed by atoms with Crippen LogP contribution in [0.3, 0.4) is 0 Å². The summed E-state index contributed by atoms with van der Waals surface area (Å²) in [5, 5.41) is 22.9. The Bertz CT molecular complexity index is 1850. The van der Waals surface area contributed by atoms with E-state index in [2.05, 4.69) is 36.9 Å². The van der Waals surface area contributed by atoms with Gasteiger partial charge < -0.3 is 15.2 Å². The molecule has 1 aliphatic carbocycles. The topological polar surface area (TPSA) is 145 Å². The van der Waals surface area contributed by atoms with Gasteiger partial charge in [0.25, 0.3) is 0 Å². The van der Waals surface area contributed by atoms with Crippen LogP contribution in [0.15, 0.2) is 96.2 Å². The lowest BCUT2D eigenvalue weighted by Gasteiger charge is -2.37. The minimum Gasteiger partial charge on any atom is -0.351 e. The number of aryl methyl sites for hydroxylation is 1. The molecule has 226 valence electrons. The maximum absolute atomic E-state index is 13.7. The number of hydrogen-bond donors (Lipinski definition) is 3. The van der Waals surface area contributed by atoms with Crippen LogP contribution in [0.2, 0.25) is 0 Å². The SMILES string of the molecule is Cn1cc(-c2ccc(N(C(=O)NCc3ccccc3)C3CCC(Nc4ncc(C#N)c(-c5ccn[nH]5)n4)CC3)cc2)ccc1=O. The van der Waals surface area contributed by atoms with Gasteiger partial charge in [-0.1, -0.05) is 42.5 Å². The molecule has 6 rings (SSSR count). The van der Waals surface area contributed by atoms with Crippen molar-refractivity contribution in [3.8, 4) is 28.6 Å². The maximum Gasteiger partial charge on any atom is 0.322 e. The van der Waals surface area contributed by atoms with E-state index in [0.717, 1.165) is 48.1 Å². The third-order valence-corrected chi connectivity index (χ3v) is 8.13. The standard InChI is InChI=1S/C34H33N9O2/c1-42-22-25(9-16-31(42)44)24-7-12-28(13-8-24)43(34(45)37-20-23-5-3-2-4-6-23)29-14-10-27(11-15-29)39-33-36-21-26(19-35)32(40-33)30-17-18-38-41-30/h2-9,12-13,16-18,21-22,27,29H,10-11,14-15,20H2,1H3,(H,37,45)(H,38,41)(H,36,39,40). The molecule has 1 saturated carbocycles. The summed E-state index contributed by atoms with van der Waals surface area (Å²) in [5.41, 5.74) is 5.19. The molecular weight excluding hydrogens is 566 g/mol. The molecule has 0 unspecified atom stereocenters. The average Bonchev–Trinajstić information content (AvgIpc) is 3.62. The van der Waals surface area contributed by atoms with E-state index >= 15 is 0 Å². The first-order valence-electron chi connectivity index (χ1n) is 14.9. The molecule has 0 spiro atoms. The van der Waals surface area contributed by atoms with Crippen LogP contribution in [0, 0.1) is 11.3 Å². The quantitative estimate of drug-likeness (QED) is 0.221. The summed E-state index contributed by atoms with van der Waals surface area (Å²) in [4.78, 5) is 36.4. The summed E-state index contributed by atoms with van der Waals surface area (Å²) in [6.45, 7) is 0.428. The predicted octanol–water partition coefficient (Wildman–Crippen LogP) is 5.24. The zero-order chi connectivity index (χ0) is 31.2. The van der Waals surface area contributed by atoms with Crippen LogP contribution < -0.4 is 21.1 Å². The van der Waals surface area contributed by atoms with E-state index in [0.29, 0.717) is 29.4 Å². The molecule has 3 N–H and O–H groups in total. The largest absolute Gasteiger partial charge is 0.351 e. The number of pyridine rings is 1. The molecule has 11 heteroatoms. The minimum absolute atomic E-state index is 0.00958. The second-order valence-electron chi connectivity index (χ2n) is 11.1. The van der Waals surface area contributed by atoms with Gasteiger partial charge in [-0.05, 0) is 66.6 Å². The Morgan fingerprint density at radius 3 is 2.47 bits per heavy atom. The molecule has 0 radical (unpaired) electrons. The Morgan fingerprint density at radius 1 is 1.02 bits per heavy atom. The number of H-pyrrole nitrogens is 1. The molecule has 0 saturated heterocycles. The van der Waals surface area contributed by atoms with Gasteiger partial charge >= 0.3 is 6.03 Å². The van der Waals surface area contributed by atoms with Crippen LogP contribution in [0.4, 0.5) is 16.4 Å². The number of carbonyl (C=O) groups excluding carboxylic acids is 1. The molecule has 1 aliphatic rings. The summed E-state index contributed by atoms with van der Waals surface area (Å²) in [5.74, 6) is 0.452. The van der Waals surface area contributed by atoms with Crippen molar-refractivity contribution in [2.45, 2.75) is 44.3 Å². The molecule has 11 nitrogen and oxygen atoms in total. The molecule has 1 fully saturated rings. The molecule has 5 aromatic rings. The van der Waals surface area contributed by atoms with E-state index in [1.807, 2.05) is 71.8 Å². The van der Waals surface area contributed by atoms with Gasteiger partial charge in [0, 0.05) is 49.8 Å². The van der Waals surface area contributed by atoms with Crippen LogP contribution in [0.25, 0.3) is 22.5 Å². The second kappa shape index (κ2) is 13.3. The Hall–Kier alpha value is -5.76. The minimum atomic E-state index is -0.148. The monoisotopic (exact) mass is 599 g/mol. The number of carbonyl (C=O) groups is 1.